The van der Waals surface area contributed by atoms with E-state index >= 15 is 0 Å². The normalized spacial score (nSPS) is 41.4. The summed E-state index contributed by atoms with van der Waals surface area (Å²) in [7, 11) is 0. The lowest BCUT2D eigenvalue weighted by atomic mass is 9.43. The third kappa shape index (κ3) is 4.64. The van der Waals surface area contributed by atoms with Gasteiger partial charge in [-0.3, -0.25) is 9.59 Å². The highest BCUT2D eigenvalue weighted by molar-refractivity contribution is 5.88. The smallest absolute Gasteiger partial charge is 0.336 e. The largest absolute Gasteiger partial charge is 0.462 e. The molecule has 4 aliphatic rings. The summed E-state index contributed by atoms with van der Waals surface area (Å²) in [6.45, 7) is 15.7. The molecule has 0 aromatic rings. The molecule has 2 aliphatic carbocycles. The van der Waals surface area contributed by atoms with Gasteiger partial charge in [0.05, 0.1) is 5.60 Å². The zero-order valence-electron chi connectivity index (χ0n) is 23.1. The molecule has 36 heavy (non-hydrogen) atoms. The van der Waals surface area contributed by atoms with Crippen LogP contribution in [-0.4, -0.2) is 41.3 Å². The molecule has 0 spiro atoms. The van der Waals surface area contributed by atoms with Gasteiger partial charge in [0.25, 0.3) is 0 Å². The van der Waals surface area contributed by atoms with Crippen LogP contribution in [0.4, 0.5) is 0 Å². The van der Waals surface area contributed by atoms with Crippen LogP contribution >= 0.6 is 0 Å². The van der Waals surface area contributed by atoms with Crippen molar-refractivity contribution >= 4 is 17.9 Å². The molecular weight excluding hydrogens is 460 g/mol. The standard InChI is InChI=1S/C29H42O7/c1-17-14-24(32)35-20(17)15-23(34-19(3)31)28(7)13-10-22-27(6)12-9-11-26(4,5)25(27)21(33-18(2)30)16-29(22,8)36-28/h14-15,21-23,25H,9-13,16H2,1-8H3/b20-15-/t21-,22+,23-,25-,27+,28-,29+/m0/s1. The van der Waals surface area contributed by atoms with E-state index in [2.05, 4.69) is 27.7 Å². The number of ether oxygens (including phenoxy) is 4. The van der Waals surface area contributed by atoms with E-state index in [-0.39, 0.29) is 34.7 Å². The third-order valence-corrected chi connectivity index (χ3v) is 9.44. The van der Waals surface area contributed by atoms with Crippen molar-refractivity contribution in [3.8, 4) is 0 Å². The van der Waals surface area contributed by atoms with Crippen molar-refractivity contribution in [3.05, 3.63) is 23.5 Å². The van der Waals surface area contributed by atoms with Crippen LogP contribution in [0.3, 0.4) is 0 Å². The zero-order chi connectivity index (χ0) is 26.7. The fourth-order valence-corrected chi connectivity index (χ4v) is 8.37. The molecule has 0 bridgehead atoms. The zero-order valence-corrected chi connectivity index (χ0v) is 23.1. The minimum absolute atomic E-state index is 0.0497. The highest BCUT2D eigenvalue weighted by Crippen LogP contribution is 2.66. The van der Waals surface area contributed by atoms with E-state index in [1.165, 1.54) is 19.9 Å². The van der Waals surface area contributed by atoms with Gasteiger partial charge in [0, 0.05) is 38.3 Å². The molecule has 7 heteroatoms. The maximum atomic E-state index is 12.2. The SMILES string of the molecule is CC(=O)O[C@H]1C[C@@]2(C)O[C@](C)([C@H](/C=C3\OC(=O)C=C3C)OC(C)=O)CC[C@@H]2[C@@]2(C)CCCC(C)(C)[C@H]12. The topological polar surface area (TPSA) is 88.1 Å². The van der Waals surface area contributed by atoms with Gasteiger partial charge in [0.1, 0.15) is 17.5 Å². The Labute approximate surface area is 214 Å². The minimum Gasteiger partial charge on any atom is -0.462 e. The molecule has 0 aromatic carbocycles. The van der Waals surface area contributed by atoms with Crippen LogP contribution in [-0.2, 0) is 33.3 Å². The van der Waals surface area contributed by atoms with Crippen LogP contribution in [0.2, 0.25) is 0 Å². The average Bonchev–Trinajstić information content (AvgIpc) is 3.01. The van der Waals surface area contributed by atoms with Crippen molar-refractivity contribution in [2.45, 2.75) is 117 Å². The Kier molecular flexibility index (Phi) is 6.72. The van der Waals surface area contributed by atoms with Gasteiger partial charge in [-0.1, -0.05) is 27.2 Å². The summed E-state index contributed by atoms with van der Waals surface area (Å²) in [6, 6.07) is 0. The molecule has 0 N–H and O–H groups in total. The molecular formula is C29H42O7. The first-order chi connectivity index (χ1) is 16.6. The van der Waals surface area contributed by atoms with E-state index in [0.717, 1.165) is 25.7 Å². The number of fused-ring (bicyclic) bond motifs is 3. The molecule has 3 fully saturated rings. The predicted octanol–water partition coefficient (Wildman–Crippen LogP) is 5.42. The third-order valence-electron chi connectivity index (χ3n) is 9.44. The van der Waals surface area contributed by atoms with Gasteiger partial charge < -0.3 is 18.9 Å². The van der Waals surface area contributed by atoms with E-state index in [9.17, 15) is 14.4 Å². The molecule has 0 radical (unpaired) electrons. The Morgan fingerprint density at radius 1 is 1.08 bits per heavy atom. The van der Waals surface area contributed by atoms with Crippen molar-refractivity contribution < 1.29 is 33.3 Å². The van der Waals surface area contributed by atoms with E-state index in [4.69, 9.17) is 18.9 Å². The van der Waals surface area contributed by atoms with Crippen molar-refractivity contribution in [3.63, 3.8) is 0 Å². The van der Waals surface area contributed by atoms with Gasteiger partial charge in [0.2, 0.25) is 0 Å². The first-order valence-electron chi connectivity index (χ1n) is 13.3. The van der Waals surface area contributed by atoms with Gasteiger partial charge in [0.15, 0.2) is 6.10 Å². The van der Waals surface area contributed by atoms with Crippen LogP contribution in [0.15, 0.2) is 23.5 Å². The van der Waals surface area contributed by atoms with Crippen LogP contribution in [0.1, 0.15) is 93.9 Å². The number of carbonyl (C=O) groups is 3. The van der Waals surface area contributed by atoms with Gasteiger partial charge in [-0.15, -0.1) is 0 Å². The van der Waals surface area contributed by atoms with Crippen LogP contribution in [0.5, 0.6) is 0 Å². The average molecular weight is 503 g/mol. The van der Waals surface area contributed by atoms with Gasteiger partial charge >= 0.3 is 17.9 Å². The molecule has 4 rings (SSSR count). The van der Waals surface area contributed by atoms with Gasteiger partial charge in [-0.25, -0.2) is 4.79 Å². The molecule has 2 saturated carbocycles. The fourth-order valence-electron chi connectivity index (χ4n) is 8.37. The maximum Gasteiger partial charge on any atom is 0.336 e. The van der Waals surface area contributed by atoms with Crippen molar-refractivity contribution in [1.82, 2.24) is 0 Å². The summed E-state index contributed by atoms with van der Waals surface area (Å²) in [4.78, 5) is 36.1. The number of esters is 3. The second-order valence-corrected chi connectivity index (χ2v) is 12.8. The lowest BCUT2D eigenvalue weighted by Crippen LogP contribution is -2.68. The van der Waals surface area contributed by atoms with E-state index < -0.39 is 29.2 Å². The van der Waals surface area contributed by atoms with Crippen molar-refractivity contribution in [2.24, 2.45) is 22.7 Å². The molecule has 7 nitrogen and oxygen atoms in total. The Hall–Kier alpha value is -2.15. The number of cyclic esters (lactones) is 1. The lowest BCUT2D eigenvalue weighted by molar-refractivity contribution is -0.301. The summed E-state index contributed by atoms with van der Waals surface area (Å²) >= 11 is 0. The molecule has 0 amide bonds. The Morgan fingerprint density at radius 3 is 2.36 bits per heavy atom. The van der Waals surface area contributed by atoms with E-state index in [0.29, 0.717) is 24.2 Å². The second-order valence-electron chi connectivity index (χ2n) is 12.8. The minimum atomic E-state index is -0.840. The molecule has 7 atom stereocenters. The molecule has 0 aromatic heterocycles. The lowest BCUT2D eigenvalue weighted by Gasteiger charge is -2.67. The molecule has 2 aliphatic heterocycles. The van der Waals surface area contributed by atoms with Crippen molar-refractivity contribution in [1.29, 1.82) is 0 Å². The first-order valence-corrected chi connectivity index (χ1v) is 13.3. The van der Waals surface area contributed by atoms with Gasteiger partial charge in [-0.05, 0) is 68.8 Å². The first kappa shape index (κ1) is 26.9. The van der Waals surface area contributed by atoms with E-state index in [1.807, 2.05) is 6.92 Å². The Balaban J connectivity index is 1.71. The molecule has 200 valence electrons. The summed E-state index contributed by atoms with van der Waals surface area (Å²) in [6.07, 6.45) is 7.62. The predicted molar refractivity (Wildman–Crippen MR) is 134 cm³/mol. The maximum absolute atomic E-state index is 12.2. The summed E-state index contributed by atoms with van der Waals surface area (Å²) in [5.74, 6) is -0.223. The van der Waals surface area contributed by atoms with Crippen LogP contribution in [0, 0.1) is 22.7 Å². The van der Waals surface area contributed by atoms with Crippen LogP contribution < -0.4 is 0 Å². The molecule has 0 unspecified atom stereocenters. The van der Waals surface area contributed by atoms with Crippen LogP contribution in [0.25, 0.3) is 0 Å². The van der Waals surface area contributed by atoms with Gasteiger partial charge in [-0.2, -0.15) is 0 Å². The quantitative estimate of drug-likeness (QED) is 0.375. The highest BCUT2D eigenvalue weighted by atomic mass is 16.6. The number of allylic oxidation sites excluding steroid dienone is 1. The summed E-state index contributed by atoms with van der Waals surface area (Å²) in [5.41, 5.74) is -0.733. The summed E-state index contributed by atoms with van der Waals surface area (Å²) in [5, 5.41) is 0. The highest BCUT2D eigenvalue weighted by Gasteiger charge is 2.66. The summed E-state index contributed by atoms with van der Waals surface area (Å²) < 4.78 is 24.2. The molecule has 2 heterocycles. The number of carbonyl (C=O) groups excluding carboxylic acids is 3. The van der Waals surface area contributed by atoms with Crippen molar-refractivity contribution in [2.75, 3.05) is 0 Å². The number of hydrogen-bond acceptors (Lipinski definition) is 7. The monoisotopic (exact) mass is 502 g/mol. The Morgan fingerprint density at radius 2 is 1.78 bits per heavy atom. The molecule has 1 saturated heterocycles. The fraction of sp³-hybridized carbons (Fsp3) is 0.759. The Bertz CT molecular complexity index is 1010. The number of rotatable bonds is 4. The van der Waals surface area contributed by atoms with E-state index in [1.54, 1.807) is 13.0 Å². The second kappa shape index (κ2) is 9.00. The number of hydrogen-bond donors (Lipinski definition) is 0.